The summed E-state index contributed by atoms with van der Waals surface area (Å²) in [5.74, 6) is 0. The molecule has 0 amide bonds. The van der Waals surface area contributed by atoms with Crippen LogP contribution in [-0.4, -0.2) is 9.85 Å². The summed E-state index contributed by atoms with van der Waals surface area (Å²) in [5.41, 5.74) is 1.03. The molecule has 0 saturated heterocycles. The summed E-state index contributed by atoms with van der Waals surface area (Å²) in [7, 11) is 0. The Bertz CT molecular complexity index is 928. The molecule has 26 heavy (non-hydrogen) atoms. The van der Waals surface area contributed by atoms with Gasteiger partial charge in [0.2, 0.25) is 0 Å². The molecule has 8 heteroatoms. The van der Waals surface area contributed by atoms with Gasteiger partial charge in [0.05, 0.1) is 21.2 Å². The number of nitro benzene ring substituents is 2. The van der Waals surface area contributed by atoms with Crippen molar-refractivity contribution in [3.8, 4) is 0 Å². The van der Waals surface area contributed by atoms with Crippen molar-refractivity contribution in [1.29, 1.82) is 0 Å². The van der Waals surface area contributed by atoms with Crippen molar-refractivity contribution in [1.82, 2.24) is 0 Å². The van der Waals surface area contributed by atoms with Crippen molar-refractivity contribution in [3.05, 3.63) is 93.0 Å². The molecule has 0 heterocycles. The molecule has 0 bridgehead atoms. The molecule has 0 radical (unpaired) electrons. The van der Waals surface area contributed by atoms with Gasteiger partial charge in [0, 0.05) is 17.8 Å². The molecular weight excluding hydrogens is 336 g/mol. The van der Waals surface area contributed by atoms with E-state index in [1.54, 1.807) is 24.3 Å². The van der Waals surface area contributed by atoms with Crippen molar-refractivity contribution in [3.63, 3.8) is 0 Å². The predicted molar refractivity (Wildman–Crippen MR) is 99.2 cm³/mol. The molecule has 0 saturated carbocycles. The Morgan fingerprint density at radius 2 is 1.12 bits per heavy atom. The predicted octanol–water partition coefficient (Wildman–Crippen LogP) is 4.99. The molecule has 130 valence electrons. The molecule has 8 nitrogen and oxygen atoms in total. The highest BCUT2D eigenvalue weighted by atomic mass is 16.6. The number of hydrogen-bond acceptors (Lipinski definition) is 6. The topological polar surface area (TPSA) is 110 Å². The monoisotopic (exact) mass is 350 g/mol. The second kappa shape index (κ2) is 7.31. The summed E-state index contributed by atoms with van der Waals surface area (Å²) >= 11 is 0. The second-order valence-corrected chi connectivity index (χ2v) is 5.35. The van der Waals surface area contributed by atoms with Crippen LogP contribution in [0.15, 0.2) is 72.8 Å². The van der Waals surface area contributed by atoms with Crippen molar-refractivity contribution in [2.45, 2.75) is 0 Å². The Kier molecular flexibility index (Phi) is 4.75. The number of hydrogen-bond donors (Lipinski definition) is 2. The lowest BCUT2D eigenvalue weighted by atomic mass is 10.2. The van der Waals surface area contributed by atoms with Crippen LogP contribution in [0.2, 0.25) is 0 Å². The Hall–Kier alpha value is -3.94. The lowest BCUT2D eigenvalue weighted by Gasteiger charge is -2.14. The van der Waals surface area contributed by atoms with E-state index >= 15 is 0 Å². The van der Waals surface area contributed by atoms with Gasteiger partial charge in [-0.3, -0.25) is 20.2 Å². The maximum Gasteiger partial charge on any atom is 0.299 e. The summed E-state index contributed by atoms with van der Waals surface area (Å²) in [6.45, 7) is 0. The van der Waals surface area contributed by atoms with Crippen molar-refractivity contribution < 1.29 is 9.85 Å². The van der Waals surface area contributed by atoms with Gasteiger partial charge in [-0.25, -0.2) is 0 Å². The number of benzene rings is 3. The summed E-state index contributed by atoms with van der Waals surface area (Å²) in [6.07, 6.45) is 0. The van der Waals surface area contributed by atoms with Gasteiger partial charge in [-0.05, 0) is 30.3 Å². The maximum atomic E-state index is 11.3. The largest absolute Gasteiger partial charge is 0.354 e. The highest BCUT2D eigenvalue weighted by molar-refractivity contribution is 5.85. The van der Waals surface area contributed by atoms with E-state index in [4.69, 9.17) is 0 Å². The van der Waals surface area contributed by atoms with Crippen molar-refractivity contribution in [2.24, 2.45) is 0 Å². The Morgan fingerprint density at radius 3 is 1.65 bits per heavy atom. The van der Waals surface area contributed by atoms with Gasteiger partial charge < -0.3 is 10.6 Å². The number of anilines is 4. The molecule has 3 aromatic carbocycles. The van der Waals surface area contributed by atoms with Gasteiger partial charge >= 0.3 is 0 Å². The minimum atomic E-state index is -0.650. The summed E-state index contributed by atoms with van der Waals surface area (Å²) in [4.78, 5) is 21.3. The van der Waals surface area contributed by atoms with E-state index in [1.807, 2.05) is 30.3 Å². The average Bonchev–Trinajstić information content (AvgIpc) is 2.64. The van der Waals surface area contributed by atoms with E-state index in [1.165, 1.54) is 18.2 Å². The molecule has 2 N–H and O–H groups in total. The zero-order chi connectivity index (χ0) is 18.5. The van der Waals surface area contributed by atoms with E-state index in [2.05, 4.69) is 10.6 Å². The third-order valence-electron chi connectivity index (χ3n) is 3.65. The Balaban J connectivity index is 2.03. The first kappa shape index (κ1) is 16.9. The molecule has 0 aliphatic heterocycles. The first-order valence-corrected chi connectivity index (χ1v) is 7.66. The van der Waals surface area contributed by atoms with E-state index in [-0.39, 0.29) is 17.1 Å². The summed E-state index contributed by atoms with van der Waals surface area (Å²) in [5, 5.41) is 28.6. The fourth-order valence-electron chi connectivity index (χ4n) is 2.47. The highest BCUT2D eigenvalue weighted by Gasteiger charge is 2.25. The van der Waals surface area contributed by atoms with Crippen LogP contribution in [-0.2, 0) is 0 Å². The fourth-order valence-corrected chi connectivity index (χ4v) is 2.47. The quantitative estimate of drug-likeness (QED) is 0.478. The molecule has 0 unspecified atom stereocenters. The van der Waals surface area contributed by atoms with Gasteiger partial charge in [-0.1, -0.05) is 30.3 Å². The first-order valence-electron chi connectivity index (χ1n) is 7.66. The molecule has 0 aromatic heterocycles. The zero-order valence-corrected chi connectivity index (χ0v) is 13.5. The smallest absolute Gasteiger partial charge is 0.299 e. The minimum absolute atomic E-state index is 0.162. The normalized spacial score (nSPS) is 10.2. The number of nitrogens with one attached hydrogen (secondary N) is 2. The van der Waals surface area contributed by atoms with Gasteiger partial charge in [-0.2, -0.15) is 0 Å². The van der Waals surface area contributed by atoms with Crippen LogP contribution >= 0.6 is 0 Å². The van der Waals surface area contributed by atoms with Gasteiger partial charge in [0.15, 0.2) is 5.69 Å². The van der Waals surface area contributed by atoms with Gasteiger partial charge in [-0.15, -0.1) is 0 Å². The van der Waals surface area contributed by atoms with Crippen LogP contribution in [0.3, 0.4) is 0 Å². The summed E-state index contributed by atoms with van der Waals surface area (Å²) < 4.78 is 0. The zero-order valence-electron chi connectivity index (χ0n) is 13.5. The van der Waals surface area contributed by atoms with Crippen molar-refractivity contribution >= 4 is 34.1 Å². The maximum absolute atomic E-state index is 11.3. The van der Waals surface area contributed by atoms with Gasteiger partial charge in [0.25, 0.3) is 11.4 Å². The molecule has 3 rings (SSSR count). The molecule has 0 atom stereocenters. The molecule has 0 aliphatic rings. The molecular formula is C18H14N4O4. The van der Waals surface area contributed by atoms with E-state index in [0.29, 0.717) is 11.4 Å². The number of nitrogens with zero attached hydrogens (tertiary/aromatic N) is 2. The van der Waals surface area contributed by atoms with Crippen LogP contribution in [0.25, 0.3) is 0 Å². The number of nitro groups is 2. The average molecular weight is 350 g/mol. The summed E-state index contributed by atoms with van der Waals surface area (Å²) in [6, 6.07) is 20.1. The van der Waals surface area contributed by atoms with E-state index in [0.717, 1.165) is 5.69 Å². The van der Waals surface area contributed by atoms with E-state index < -0.39 is 9.85 Å². The standard InChI is InChI=1S/C18H14N4O4/c23-21(24)16-11-6-12-17(22(25)26)18(16)20-15-10-5-4-9-14(15)19-13-7-2-1-3-8-13/h1-12,19-20H. The van der Waals surface area contributed by atoms with Crippen LogP contribution in [0.5, 0.6) is 0 Å². The lowest BCUT2D eigenvalue weighted by molar-refractivity contribution is -0.392. The van der Waals surface area contributed by atoms with Crippen LogP contribution in [0.4, 0.5) is 34.1 Å². The SMILES string of the molecule is O=[N+]([O-])c1cccc([N+](=O)[O-])c1Nc1ccccc1Nc1ccccc1. The lowest BCUT2D eigenvalue weighted by Crippen LogP contribution is -2.03. The van der Waals surface area contributed by atoms with Crippen molar-refractivity contribution in [2.75, 3.05) is 10.6 Å². The third-order valence-corrected chi connectivity index (χ3v) is 3.65. The van der Waals surface area contributed by atoms with E-state index in [9.17, 15) is 20.2 Å². The number of para-hydroxylation sites is 4. The van der Waals surface area contributed by atoms with Crippen LogP contribution in [0.1, 0.15) is 0 Å². The number of rotatable bonds is 6. The third kappa shape index (κ3) is 3.59. The fraction of sp³-hybridized carbons (Fsp3) is 0. The Morgan fingerprint density at radius 1 is 0.615 bits per heavy atom. The molecule has 0 fully saturated rings. The minimum Gasteiger partial charge on any atom is -0.354 e. The second-order valence-electron chi connectivity index (χ2n) is 5.35. The van der Waals surface area contributed by atoms with Gasteiger partial charge in [0.1, 0.15) is 0 Å². The molecule has 0 aliphatic carbocycles. The van der Waals surface area contributed by atoms with Crippen LogP contribution in [0, 0.1) is 20.2 Å². The first-order chi connectivity index (χ1) is 12.6. The molecule has 0 spiro atoms. The Labute approximate surface area is 148 Å². The molecule has 3 aromatic rings. The highest BCUT2D eigenvalue weighted by Crippen LogP contribution is 2.38. The van der Waals surface area contributed by atoms with Crippen LogP contribution < -0.4 is 10.6 Å².